The van der Waals surface area contributed by atoms with Crippen molar-refractivity contribution in [3.8, 4) is 0 Å². The van der Waals surface area contributed by atoms with Gasteiger partial charge in [-0.2, -0.15) is 0 Å². The van der Waals surface area contributed by atoms with Gasteiger partial charge >= 0.3 is 0 Å². The van der Waals surface area contributed by atoms with Gasteiger partial charge in [0.25, 0.3) is 5.91 Å². The Bertz CT molecular complexity index is 744. The summed E-state index contributed by atoms with van der Waals surface area (Å²) in [6.07, 6.45) is 4.86. The molecule has 8 heteroatoms. The lowest BCUT2D eigenvalue weighted by Gasteiger charge is -2.25. The summed E-state index contributed by atoms with van der Waals surface area (Å²) in [6, 6.07) is 1.40. The van der Waals surface area contributed by atoms with E-state index in [1.807, 2.05) is 6.92 Å². The summed E-state index contributed by atoms with van der Waals surface area (Å²) in [5, 5.41) is 6.36. The third-order valence-corrected chi connectivity index (χ3v) is 4.02. The van der Waals surface area contributed by atoms with Crippen LogP contribution in [0.5, 0.6) is 0 Å². The molecule has 0 unspecified atom stereocenters. The zero-order chi connectivity index (χ0) is 17.1. The van der Waals surface area contributed by atoms with E-state index in [0.717, 1.165) is 24.1 Å². The molecule has 2 aromatic heterocycles. The Labute approximate surface area is 139 Å². The normalized spacial score (nSPS) is 17.1. The molecule has 0 aliphatic carbocycles. The predicted molar refractivity (Wildman–Crippen MR) is 83.8 cm³/mol. The Morgan fingerprint density at radius 1 is 1.46 bits per heavy atom. The van der Waals surface area contributed by atoms with E-state index in [1.54, 1.807) is 17.2 Å². The Kier molecular flexibility index (Phi) is 4.54. The van der Waals surface area contributed by atoms with Crippen molar-refractivity contribution < 1.29 is 14.1 Å². The number of amides is 2. The minimum absolute atomic E-state index is 0.123. The first kappa shape index (κ1) is 16.1. The molecule has 0 radical (unpaired) electrons. The maximum atomic E-state index is 12.6. The molecule has 0 aromatic carbocycles. The second-order valence-electron chi connectivity index (χ2n) is 5.77. The van der Waals surface area contributed by atoms with Gasteiger partial charge < -0.3 is 14.7 Å². The lowest BCUT2D eigenvalue weighted by molar-refractivity contribution is -0.119. The van der Waals surface area contributed by atoms with Gasteiger partial charge in [-0.15, -0.1) is 0 Å². The summed E-state index contributed by atoms with van der Waals surface area (Å²) in [6.45, 7) is 4.24. The van der Waals surface area contributed by atoms with E-state index in [0.29, 0.717) is 18.9 Å². The van der Waals surface area contributed by atoms with Crippen LogP contribution in [0.3, 0.4) is 0 Å². The van der Waals surface area contributed by atoms with E-state index in [-0.39, 0.29) is 23.6 Å². The number of aryl methyl sites for hydroxylation is 1. The minimum Gasteiger partial charge on any atom is -0.352 e. The van der Waals surface area contributed by atoms with Crippen molar-refractivity contribution in [1.82, 2.24) is 25.3 Å². The number of carbonyl (C=O) groups excluding carboxylic acids is 2. The third-order valence-electron chi connectivity index (χ3n) is 4.02. The van der Waals surface area contributed by atoms with Crippen LogP contribution in [-0.2, 0) is 11.3 Å². The molecule has 1 saturated heterocycles. The van der Waals surface area contributed by atoms with Crippen LogP contribution in [0, 0.1) is 6.92 Å². The average Bonchev–Trinajstić information content (AvgIpc) is 3.24. The molecule has 0 spiro atoms. The number of aromatic nitrogens is 3. The van der Waals surface area contributed by atoms with Crippen molar-refractivity contribution in [3.63, 3.8) is 0 Å². The topological polar surface area (TPSA) is 101 Å². The highest BCUT2D eigenvalue weighted by Crippen LogP contribution is 2.33. The maximum Gasteiger partial charge on any atom is 0.293 e. The van der Waals surface area contributed by atoms with Crippen molar-refractivity contribution in [3.05, 3.63) is 41.3 Å². The fraction of sp³-hybridized carbons (Fsp3) is 0.438. The van der Waals surface area contributed by atoms with Gasteiger partial charge in [-0.25, -0.2) is 9.97 Å². The first-order chi connectivity index (χ1) is 11.6. The highest BCUT2D eigenvalue weighted by molar-refractivity contribution is 5.91. The first-order valence-electron chi connectivity index (χ1n) is 7.84. The summed E-state index contributed by atoms with van der Waals surface area (Å²) in [5.41, 5.74) is 1.60. The van der Waals surface area contributed by atoms with Crippen LogP contribution in [0.4, 0.5) is 0 Å². The number of carbonyl (C=O) groups is 2. The number of nitrogens with one attached hydrogen (secondary N) is 1. The van der Waals surface area contributed by atoms with Crippen LogP contribution in [0.2, 0.25) is 0 Å². The molecule has 126 valence electrons. The highest BCUT2D eigenvalue weighted by Gasteiger charge is 2.34. The van der Waals surface area contributed by atoms with Crippen molar-refractivity contribution in [1.29, 1.82) is 0 Å². The van der Waals surface area contributed by atoms with Crippen LogP contribution >= 0.6 is 0 Å². The molecule has 0 saturated carbocycles. The Morgan fingerprint density at radius 2 is 2.29 bits per heavy atom. The zero-order valence-electron chi connectivity index (χ0n) is 13.7. The molecule has 2 aromatic rings. The maximum absolute atomic E-state index is 12.6. The lowest BCUT2D eigenvalue weighted by Crippen LogP contribution is -2.32. The Balaban J connectivity index is 1.90. The number of nitrogens with zero attached hydrogens (tertiary/aromatic N) is 4. The van der Waals surface area contributed by atoms with Crippen molar-refractivity contribution in [2.24, 2.45) is 0 Å². The summed E-state index contributed by atoms with van der Waals surface area (Å²) in [4.78, 5) is 34.4. The van der Waals surface area contributed by atoms with Crippen LogP contribution < -0.4 is 5.32 Å². The quantitative estimate of drug-likeness (QED) is 0.909. The molecular weight excluding hydrogens is 310 g/mol. The van der Waals surface area contributed by atoms with Crippen molar-refractivity contribution in [2.75, 3.05) is 6.54 Å². The van der Waals surface area contributed by atoms with Gasteiger partial charge in [-0.1, -0.05) is 5.16 Å². The van der Waals surface area contributed by atoms with Crippen molar-refractivity contribution in [2.45, 2.75) is 39.3 Å². The Hall–Kier alpha value is -2.77. The van der Waals surface area contributed by atoms with Crippen molar-refractivity contribution >= 4 is 11.8 Å². The number of likely N-dealkylation sites (tertiary alicyclic amines) is 1. The van der Waals surface area contributed by atoms with Gasteiger partial charge in [-0.05, 0) is 19.8 Å². The fourth-order valence-corrected chi connectivity index (χ4v) is 2.92. The summed E-state index contributed by atoms with van der Waals surface area (Å²) in [5.74, 6) is 0.533. The highest BCUT2D eigenvalue weighted by atomic mass is 16.5. The standard InChI is InChI=1S/C16H19N5O3/c1-10-17-8-12(9-18-11(2)22)15(20-10)13-4-3-7-21(13)16(23)14-5-6-19-24-14/h5-6,8,13H,3-4,7,9H2,1-2H3,(H,18,22)/t13-/m0/s1. The van der Waals surface area contributed by atoms with Gasteiger partial charge in [0.15, 0.2) is 0 Å². The zero-order valence-corrected chi connectivity index (χ0v) is 13.7. The minimum atomic E-state index is -0.197. The van der Waals surface area contributed by atoms with E-state index in [1.165, 1.54) is 13.1 Å². The van der Waals surface area contributed by atoms with Crippen LogP contribution in [-0.4, -0.2) is 38.4 Å². The molecule has 1 atom stereocenters. The summed E-state index contributed by atoms with van der Waals surface area (Å²) in [7, 11) is 0. The lowest BCUT2D eigenvalue weighted by atomic mass is 10.1. The molecular formula is C16H19N5O3. The smallest absolute Gasteiger partial charge is 0.293 e. The van der Waals surface area contributed by atoms with Gasteiger partial charge in [-0.3, -0.25) is 9.59 Å². The first-order valence-corrected chi connectivity index (χ1v) is 7.84. The monoisotopic (exact) mass is 329 g/mol. The second kappa shape index (κ2) is 6.77. The Morgan fingerprint density at radius 3 is 3.00 bits per heavy atom. The van der Waals surface area contributed by atoms with Gasteiger partial charge in [0.2, 0.25) is 11.7 Å². The van der Waals surface area contributed by atoms with Gasteiger partial charge in [0.05, 0.1) is 17.9 Å². The van der Waals surface area contributed by atoms with E-state index >= 15 is 0 Å². The predicted octanol–water partition coefficient (Wildman–Crippen LogP) is 1.39. The molecule has 1 aliphatic rings. The summed E-state index contributed by atoms with van der Waals surface area (Å²) < 4.78 is 4.99. The van der Waals surface area contributed by atoms with E-state index < -0.39 is 0 Å². The van der Waals surface area contributed by atoms with E-state index in [2.05, 4.69) is 20.4 Å². The van der Waals surface area contributed by atoms with Crippen LogP contribution in [0.15, 0.2) is 23.0 Å². The fourth-order valence-electron chi connectivity index (χ4n) is 2.92. The molecule has 1 N–H and O–H groups in total. The number of hydrogen-bond donors (Lipinski definition) is 1. The average molecular weight is 329 g/mol. The van der Waals surface area contributed by atoms with Crippen LogP contribution in [0.1, 0.15) is 53.4 Å². The van der Waals surface area contributed by atoms with Gasteiger partial charge in [0, 0.05) is 37.8 Å². The molecule has 0 bridgehead atoms. The molecule has 2 amide bonds. The molecule has 3 heterocycles. The molecule has 1 fully saturated rings. The van der Waals surface area contributed by atoms with Gasteiger partial charge in [0.1, 0.15) is 5.82 Å². The summed E-state index contributed by atoms with van der Waals surface area (Å²) >= 11 is 0. The molecule has 8 nitrogen and oxygen atoms in total. The number of rotatable bonds is 4. The largest absolute Gasteiger partial charge is 0.352 e. The van der Waals surface area contributed by atoms with E-state index in [9.17, 15) is 9.59 Å². The van der Waals surface area contributed by atoms with Crippen LogP contribution in [0.25, 0.3) is 0 Å². The van der Waals surface area contributed by atoms with E-state index in [4.69, 9.17) is 4.52 Å². The second-order valence-corrected chi connectivity index (χ2v) is 5.77. The molecule has 24 heavy (non-hydrogen) atoms. The third kappa shape index (κ3) is 3.27. The molecule has 1 aliphatic heterocycles. The number of hydrogen-bond acceptors (Lipinski definition) is 6. The SMILES string of the molecule is CC(=O)NCc1cnc(C)nc1[C@@H]1CCCN1C(=O)c1ccno1. The molecule has 3 rings (SSSR count).